The molecule has 0 amide bonds. The Balaban J connectivity index is 0. The van der Waals surface area contributed by atoms with Crippen LogP contribution in [0.5, 0.6) is 0 Å². The zero-order valence-corrected chi connectivity index (χ0v) is 53.9. The summed E-state index contributed by atoms with van der Waals surface area (Å²) in [5.74, 6) is 2.84. The van der Waals surface area contributed by atoms with Gasteiger partial charge in [0.2, 0.25) is 0 Å². The van der Waals surface area contributed by atoms with Crippen molar-refractivity contribution >= 4 is 11.9 Å². The van der Waals surface area contributed by atoms with Crippen molar-refractivity contribution in [2.75, 3.05) is 6.61 Å². The molecule has 0 aromatic heterocycles. The molecule has 0 aliphatic rings. The first-order valence-electron chi connectivity index (χ1n) is 35.3. The van der Waals surface area contributed by atoms with Crippen molar-refractivity contribution < 1.29 is 19.4 Å². The molecule has 76 heavy (non-hydrogen) atoms. The third-order valence-corrected chi connectivity index (χ3v) is 16.6. The molecule has 0 saturated heterocycles. The molecule has 0 fully saturated rings. The van der Waals surface area contributed by atoms with Crippen molar-refractivity contribution in [2.45, 2.75) is 415 Å². The number of hydrogen-bond acceptors (Lipinski definition) is 3. The topological polar surface area (TPSA) is 63.6 Å². The first-order chi connectivity index (χ1) is 37.0. The van der Waals surface area contributed by atoms with Gasteiger partial charge in [-0.15, -0.1) is 0 Å². The van der Waals surface area contributed by atoms with E-state index in [4.69, 9.17) is 4.74 Å². The number of aliphatic carboxylic acids is 1. The number of carboxylic acid groups (broad SMARTS) is 1. The van der Waals surface area contributed by atoms with E-state index >= 15 is 0 Å². The summed E-state index contributed by atoms with van der Waals surface area (Å²) >= 11 is 0. The Hall–Kier alpha value is -1.06. The number of esters is 1. The van der Waals surface area contributed by atoms with E-state index < -0.39 is 5.97 Å². The maximum absolute atomic E-state index is 11.9. The highest BCUT2D eigenvalue weighted by molar-refractivity contribution is 5.70. The summed E-state index contributed by atoms with van der Waals surface area (Å²) in [7, 11) is 0. The lowest BCUT2D eigenvalue weighted by atomic mass is 9.94. The maximum atomic E-state index is 11.9. The molecule has 1 N–H and O–H groups in total. The van der Waals surface area contributed by atoms with Crippen molar-refractivity contribution in [3.63, 3.8) is 0 Å². The van der Waals surface area contributed by atoms with Crippen LogP contribution in [0.2, 0.25) is 0 Å². The quantitative estimate of drug-likeness (QED) is 0.0487. The number of ether oxygens (including phenoxy) is 1. The van der Waals surface area contributed by atoms with Gasteiger partial charge in [-0.25, -0.2) is 0 Å². The molecule has 0 bridgehead atoms. The van der Waals surface area contributed by atoms with Crippen LogP contribution in [0.1, 0.15) is 415 Å². The molecule has 456 valence electrons. The van der Waals surface area contributed by atoms with E-state index in [0.29, 0.717) is 13.0 Å². The average molecular weight is 1070 g/mol. The molecule has 0 radical (unpaired) electrons. The molecule has 0 spiro atoms. The molecule has 0 aromatic rings. The van der Waals surface area contributed by atoms with Crippen LogP contribution in [-0.4, -0.2) is 23.7 Å². The van der Waals surface area contributed by atoms with Crippen LogP contribution in [-0.2, 0) is 14.3 Å². The summed E-state index contributed by atoms with van der Waals surface area (Å²) in [5, 5.41) is 9.60. The van der Waals surface area contributed by atoms with Gasteiger partial charge >= 0.3 is 11.9 Å². The summed E-state index contributed by atoms with van der Waals surface area (Å²) in [6.07, 6.45) is 74.3. The normalized spacial score (nSPS) is 12.1. The third kappa shape index (κ3) is 71.0. The SMILES string of the molecule is CC(C)CCCCCCCCCCCCCCCC(CCCCCCCCCCCCCC(C)C)C(=O)O.CC(C)CCCCCCCCCCCCCCCOC(=O)CCCCCCCCCCCCCCC(C)C. The van der Waals surface area contributed by atoms with E-state index in [1.165, 1.54) is 315 Å². The largest absolute Gasteiger partial charge is 0.481 e. The molecule has 4 nitrogen and oxygen atoms in total. The summed E-state index contributed by atoms with van der Waals surface area (Å²) < 4.78 is 5.44. The highest BCUT2D eigenvalue weighted by atomic mass is 16.5. The molecule has 4 heteroatoms. The van der Waals surface area contributed by atoms with Gasteiger partial charge in [0, 0.05) is 6.42 Å². The summed E-state index contributed by atoms with van der Waals surface area (Å²) in [4.78, 5) is 23.6. The predicted octanol–water partition coefficient (Wildman–Crippen LogP) is 25.7. The lowest BCUT2D eigenvalue weighted by molar-refractivity contribution is -0.144. The van der Waals surface area contributed by atoms with Crippen LogP contribution in [0.3, 0.4) is 0 Å². The number of carbonyl (C=O) groups is 2. The molecule has 1 unspecified atom stereocenters. The molecule has 0 aliphatic heterocycles. The Morgan fingerprint density at radius 1 is 0.250 bits per heavy atom. The molecular formula is C72H144O4. The zero-order valence-electron chi connectivity index (χ0n) is 53.9. The Kier molecular flexibility index (Phi) is 65.6. The molecule has 1 atom stereocenters. The fourth-order valence-corrected chi connectivity index (χ4v) is 11.3. The molecule has 0 aliphatic carbocycles. The molecule has 0 aromatic carbocycles. The van der Waals surface area contributed by atoms with E-state index in [-0.39, 0.29) is 11.9 Å². The van der Waals surface area contributed by atoms with E-state index in [1.54, 1.807) is 0 Å². The Labute approximate surface area is 480 Å². The van der Waals surface area contributed by atoms with Gasteiger partial charge in [-0.1, -0.05) is 383 Å². The van der Waals surface area contributed by atoms with Crippen LogP contribution in [0, 0.1) is 29.6 Å². The second-order valence-corrected chi connectivity index (χ2v) is 26.6. The van der Waals surface area contributed by atoms with E-state index in [1.807, 2.05) is 0 Å². The highest BCUT2D eigenvalue weighted by Gasteiger charge is 2.16. The lowest BCUT2D eigenvalue weighted by Crippen LogP contribution is -2.13. The Bertz CT molecular complexity index is 1090. The van der Waals surface area contributed by atoms with Crippen LogP contribution >= 0.6 is 0 Å². The second-order valence-electron chi connectivity index (χ2n) is 26.6. The van der Waals surface area contributed by atoms with Gasteiger partial charge in [0.15, 0.2) is 0 Å². The smallest absolute Gasteiger partial charge is 0.306 e. The molecule has 0 rings (SSSR count). The first kappa shape index (κ1) is 77.0. The third-order valence-electron chi connectivity index (χ3n) is 16.6. The lowest BCUT2D eigenvalue weighted by Gasteiger charge is -2.12. The predicted molar refractivity (Wildman–Crippen MR) is 340 cm³/mol. The van der Waals surface area contributed by atoms with Crippen LogP contribution in [0.15, 0.2) is 0 Å². The number of hydrogen-bond donors (Lipinski definition) is 1. The standard InChI is InChI=1S/2C36H72O2/c1-34(2)30-26-22-18-14-10-6-5-9-13-17-21-25-29-33-38-36(37)32-28-24-20-16-12-8-7-11-15-19-23-27-31-35(3)4;1-33(2)29-25-21-17-13-9-6-5-7-11-15-19-23-27-31-35(36(37)38)32-28-24-20-16-12-8-10-14-18-22-26-30-34(3)4/h34-35H,5-33H2,1-4H3;33-35H,5-32H2,1-4H3,(H,37,38). The van der Waals surface area contributed by atoms with Gasteiger partial charge in [-0.3, -0.25) is 9.59 Å². The number of carboxylic acids is 1. The minimum atomic E-state index is -0.557. The van der Waals surface area contributed by atoms with Crippen LogP contribution < -0.4 is 0 Å². The van der Waals surface area contributed by atoms with Gasteiger partial charge in [0.05, 0.1) is 12.5 Å². The van der Waals surface area contributed by atoms with E-state index in [0.717, 1.165) is 62.2 Å². The summed E-state index contributed by atoms with van der Waals surface area (Å²) in [6, 6.07) is 0. The van der Waals surface area contributed by atoms with Gasteiger partial charge in [0.1, 0.15) is 0 Å². The Morgan fingerprint density at radius 3 is 0.618 bits per heavy atom. The van der Waals surface area contributed by atoms with Crippen molar-refractivity contribution in [1.82, 2.24) is 0 Å². The van der Waals surface area contributed by atoms with Gasteiger partial charge in [-0.05, 0) is 49.4 Å². The number of unbranched alkanes of at least 4 members (excludes halogenated alkanes) is 45. The van der Waals surface area contributed by atoms with Gasteiger partial charge < -0.3 is 9.84 Å². The van der Waals surface area contributed by atoms with Crippen molar-refractivity contribution in [3.8, 4) is 0 Å². The molecular weight excluding hydrogens is 929 g/mol. The van der Waals surface area contributed by atoms with E-state index in [9.17, 15) is 14.7 Å². The minimum Gasteiger partial charge on any atom is -0.481 e. The fraction of sp³-hybridized carbons (Fsp3) is 0.972. The van der Waals surface area contributed by atoms with Crippen molar-refractivity contribution in [2.24, 2.45) is 29.6 Å². The van der Waals surface area contributed by atoms with E-state index in [2.05, 4.69) is 55.4 Å². The van der Waals surface area contributed by atoms with Crippen molar-refractivity contribution in [3.05, 3.63) is 0 Å². The number of rotatable bonds is 62. The molecule has 0 heterocycles. The maximum Gasteiger partial charge on any atom is 0.306 e. The first-order valence-corrected chi connectivity index (χ1v) is 35.3. The average Bonchev–Trinajstić information content (AvgIpc) is 3.37. The fourth-order valence-electron chi connectivity index (χ4n) is 11.3. The highest BCUT2D eigenvalue weighted by Crippen LogP contribution is 2.22. The summed E-state index contributed by atoms with van der Waals surface area (Å²) in [5.41, 5.74) is 0. The molecule has 0 saturated carbocycles. The van der Waals surface area contributed by atoms with Crippen LogP contribution in [0.25, 0.3) is 0 Å². The number of carbonyl (C=O) groups excluding carboxylic acids is 1. The van der Waals surface area contributed by atoms with Gasteiger partial charge in [-0.2, -0.15) is 0 Å². The van der Waals surface area contributed by atoms with Crippen molar-refractivity contribution in [1.29, 1.82) is 0 Å². The van der Waals surface area contributed by atoms with Crippen LogP contribution in [0.4, 0.5) is 0 Å². The second kappa shape index (κ2) is 64.8. The monoisotopic (exact) mass is 1070 g/mol. The minimum absolute atomic E-state index is 0.0262. The zero-order chi connectivity index (χ0) is 56.1. The Morgan fingerprint density at radius 2 is 0.421 bits per heavy atom. The summed E-state index contributed by atoms with van der Waals surface area (Å²) in [6.45, 7) is 19.3. The van der Waals surface area contributed by atoms with Gasteiger partial charge in [0.25, 0.3) is 0 Å².